The summed E-state index contributed by atoms with van der Waals surface area (Å²) >= 11 is 0. The van der Waals surface area contributed by atoms with Gasteiger partial charge in [0.25, 0.3) is 0 Å². The van der Waals surface area contributed by atoms with Crippen LogP contribution in [0.1, 0.15) is 58.3 Å². The number of aliphatic carboxylic acids is 1. The lowest BCUT2D eigenvalue weighted by atomic mass is 9.81. The summed E-state index contributed by atoms with van der Waals surface area (Å²) in [7, 11) is 0. The van der Waals surface area contributed by atoms with E-state index in [1.807, 2.05) is 0 Å². The molecule has 1 saturated heterocycles. The molecule has 4 heteroatoms. The zero-order chi connectivity index (χ0) is 13.2. The van der Waals surface area contributed by atoms with Crippen molar-refractivity contribution in [2.75, 3.05) is 6.54 Å². The average molecular weight is 253 g/mol. The van der Waals surface area contributed by atoms with Crippen molar-refractivity contribution in [1.29, 1.82) is 0 Å². The van der Waals surface area contributed by atoms with Gasteiger partial charge in [-0.3, -0.25) is 4.79 Å². The summed E-state index contributed by atoms with van der Waals surface area (Å²) in [5.74, 6) is -0.734. The predicted octanol–water partition coefficient (Wildman–Crippen LogP) is 2.42. The second kappa shape index (κ2) is 5.29. The van der Waals surface area contributed by atoms with Gasteiger partial charge < -0.3 is 10.0 Å². The van der Waals surface area contributed by atoms with Crippen LogP contribution in [0.3, 0.4) is 0 Å². The molecule has 0 spiro atoms. The van der Waals surface area contributed by atoms with Gasteiger partial charge in [-0.1, -0.05) is 19.8 Å². The number of carboxylic acid groups (broad SMARTS) is 1. The van der Waals surface area contributed by atoms with Gasteiger partial charge in [-0.2, -0.15) is 0 Å². The first-order valence-corrected chi connectivity index (χ1v) is 7.14. The molecule has 1 N–H and O–H groups in total. The molecular formula is C14H23NO3. The van der Waals surface area contributed by atoms with Crippen LogP contribution in [0.4, 0.5) is 0 Å². The Bertz CT molecular complexity index is 334. The zero-order valence-electron chi connectivity index (χ0n) is 11.2. The van der Waals surface area contributed by atoms with E-state index in [1.54, 1.807) is 4.90 Å². The van der Waals surface area contributed by atoms with Crippen LogP contribution in [0.15, 0.2) is 0 Å². The molecule has 1 amide bonds. The summed E-state index contributed by atoms with van der Waals surface area (Å²) in [6.45, 7) is 2.68. The van der Waals surface area contributed by atoms with E-state index >= 15 is 0 Å². The predicted molar refractivity (Wildman–Crippen MR) is 68.2 cm³/mol. The average Bonchev–Trinajstić information content (AvgIpc) is 2.87. The minimum absolute atomic E-state index is 0.106. The molecule has 0 radical (unpaired) electrons. The van der Waals surface area contributed by atoms with Gasteiger partial charge >= 0.3 is 5.97 Å². The maximum absolute atomic E-state index is 12.7. The molecule has 102 valence electrons. The van der Waals surface area contributed by atoms with Crippen LogP contribution < -0.4 is 0 Å². The summed E-state index contributed by atoms with van der Waals surface area (Å²) in [4.78, 5) is 25.7. The van der Waals surface area contributed by atoms with Crippen molar-refractivity contribution in [3.63, 3.8) is 0 Å². The Morgan fingerprint density at radius 1 is 1.22 bits per heavy atom. The van der Waals surface area contributed by atoms with Gasteiger partial charge in [-0.25, -0.2) is 4.79 Å². The van der Waals surface area contributed by atoms with Crippen LogP contribution in [0.5, 0.6) is 0 Å². The molecule has 1 aliphatic heterocycles. The van der Waals surface area contributed by atoms with Crippen LogP contribution in [-0.4, -0.2) is 34.5 Å². The second-order valence-corrected chi connectivity index (χ2v) is 5.69. The Kier molecular flexibility index (Phi) is 3.93. The number of hydrogen-bond donors (Lipinski definition) is 1. The van der Waals surface area contributed by atoms with Gasteiger partial charge in [0.2, 0.25) is 5.91 Å². The fourth-order valence-electron chi connectivity index (χ4n) is 3.51. The Hall–Kier alpha value is -1.06. The molecule has 2 rings (SSSR count). The molecule has 1 heterocycles. The summed E-state index contributed by atoms with van der Waals surface area (Å²) in [5, 5.41) is 9.26. The van der Waals surface area contributed by atoms with Crippen molar-refractivity contribution < 1.29 is 14.7 Å². The van der Waals surface area contributed by atoms with Crippen LogP contribution in [0, 0.1) is 5.41 Å². The maximum atomic E-state index is 12.7. The van der Waals surface area contributed by atoms with Crippen molar-refractivity contribution in [3.05, 3.63) is 0 Å². The molecular weight excluding hydrogens is 230 g/mol. The lowest BCUT2D eigenvalue weighted by Gasteiger charge is -2.39. The highest BCUT2D eigenvalue weighted by molar-refractivity contribution is 5.88. The number of rotatable bonds is 3. The molecule has 0 bridgehead atoms. The zero-order valence-corrected chi connectivity index (χ0v) is 11.2. The van der Waals surface area contributed by atoms with Crippen LogP contribution in [0.2, 0.25) is 0 Å². The summed E-state index contributed by atoms with van der Waals surface area (Å²) in [6, 6.07) is -0.588. The number of amides is 1. The number of piperidine rings is 1. The van der Waals surface area contributed by atoms with E-state index in [9.17, 15) is 14.7 Å². The van der Waals surface area contributed by atoms with Gasteiger partial charge in [0.15, 0.2) is 0 Å². The monoisotopic (exact) mass is 253 g/mol. The fraction of sp³-hybridized carbons (Fsp3) is 0.857. The van der Waals surface area contributed by atoms with Crippen molar-refractivity contribution in [3.8, 4) is 0 Å². The minimum atomic E-state index is -0.840. The number of hydrogen-bond acceptors (Lipinski definition) is 2. The van der Waals surface area contributed by atoms with Gasteiger partial charge in [0.1, 0.15) is 6.04 Å². The largest absolute Gasteiger partial charge is 0.480 e. The number of carbonyl (C=O) groups excluding carboxylic acids is 1. The standard InChI is InChI=1S/C14H23NO3/c1-2-14(8-4-5-9-14)13(18)15-10-6-3-7-11(15)12(16)17/h11H,2-10H2,1H3,(H,16,17). The molecule has 1 aliphatic carbocycles. The molecule has 1 atom stereocenters. The third-order valence-corrected chi connectivity index (χ3v) is 4.74. The molecule has 2 fully saturated rings. The smallest absolute Gasteiger partial charge is 0.326 e. The van der Waals surface area contributed by atoms with Crippen molar-refractivity contribution in [1.82, 2.24) is 4.90 Å². The highest BCUT2D eigenvalue weighted by Crippen LogP contribution is 2.43. The third kappa shape index (κ3) is 2.25. The van der Waals surface area contributed by atoms with Crippen molar-refractivity contribution >= 4 is 11.9 Å². The number of likely N-dealkylation sites (tertiary alicyclic amines) is 1. The maximum Gasteiger partial charge on any atom is 0.326 e. The SMILES string of the molecule is CCC1(C(=O)N2CCCCC2C(=O)O)CCCC1. The third-order valence-electron chi connectivity index (χ3n) is 4.74. The molecule has 1 unspecified atom stereocenters. The van der Waals surface area contributed by atoms with Gasteiger partial charge in [-0.05, 0) is 38.5 Å². The van der Waals surface area contributed by atoms with Crippen molar-refractivity contribution in [2.24, 2.45) is 5.41 Å². The summed E-state index contributed by atoms with van der Waals surface area (Å²) in [5.41, 5.74) is -0.259. The normalized spacial score (nSPS) is 27.2. The fourth-order valence-corrected chi connectivity index (χ4v) is 3.51. The second-order valence-electron chi connectivity index (χ2n) is 5.69. The van der Waals surface area contributed by atoms with Crippen LogP contribution in [-0.2, 0) is 9.59 Å². The molecule has 0 aromatic heterocycles. The van der Waals surface area contributed by atoms with Crippen LogP contribution in [0.25, 0.3) is 0 Å². The highest BCUT2D eigenvalue weighted by Gasteiger charge is 2.45. The quantitative estimate of drug-likeness (QED) is 0.840. The molecule has 1 saturated carbocycles. The van der Waals surface area contributed by atoms with E-state index < -0.39 is 12.0 Å². The molecule has 0 aromatic carbocycles. The van der Waals surface area contributed by atoms with E-state index in [0.29, 0.717) is 13.0 Å². The Labute approximate surface area is 108 Å². The number of carboxylic acids is 1. The topological polar surface area (TPSA) is 57.6 Å². The van der Waals surface area contributed by atoms with Gasteiger partial charge in [0.05, 0.1) is 0 Å². The van der Waals surface area contributed by atoms with E-state index in [2.05, 4.69) is 6.92 Å². The molecule has 0 aromatic rings. The van der Waals surface area contributed by atoms with E-state index in [0.717, 1.165) is 44.9 Å². The molecule has 4 nitrogen and oxygen atoms in total. The molecule has 18 heavy (non-hydrogen) atoms. The van der Waals surface area contributed by atoms with E-state index in [4.69, 9.17) is 0 Å². The number of nitrogens with zero attached hydrogens (tertiary/aromatic N) is 1. The highest BCUT2D eigenvalue weighted by atomic mass is 16.4. The Balaban J connectivity index is 2.17. The first-order chi connectivity index (χ1) is 8.60. The van der Waals surface area contributed by atoms with E-state index in [1.165, 1.54) is 0 Å². The van der Waals surface area contributed by atoms with Crippen LogP contribution >= 0.6 is 0 Å². The minimum Gasteiger partial charge on any atom is -0.480 e. The summed E-state index contributed by atoms with van der Waals surface area (Å²) < 4.78 is 0. The summed E-state index contributed by atoms with van der Waals surface area (Å²) in [6.07, 6.45) is 7.39. The number of carbonyl (C=O) groups is 2. The first kappa shape index (κ1) is 13.4. The first-order valence-electron chi connectivity index (χ1n) is 7.14. The van der Waals surface area contributed by atoms with Gasteiger partial charge in [0, 0.05) is 12.0 Å². The Morgan fingerprint density at radius 3 is 2.44 bits per heavy atom. The van der Waals surface area contributed by atoms with Crippen molar-refractivity contribution in [2.45, 2.75) is 64.3 Å². The molecule has 2 aliphatic rings. The van der Waals surface area contributed by atoms with E-state index in [-0.39, 0.29) is 11.3 Å². The van der Waals surface area contributed by atoms with Gasteiger partial charge in [-0.15, -0.1) is 0 Å². The Morgan fingerprint density at radius 2 is 1.89 bits per heavy atom. The lowest BCUT2D eigenvalue weighted by molar-refractivity contribution is -0.157. The lowest BCUT2D eigenvalue weighted by Crippen LogP contribution is -2.52.